The van der Waals surface area contributed by atoms with E-state index in [0.717, 1.165) is 29.0 Å². The molecule has 3 aromatic rings. The van der Waals surface area contributed by atoms with Crippen molar-refractivity contribution in [3.05, 3.63) is 72.0 Å². The maximum atomic E-state index is 13.4. The fraction of sp³-hybridized carbons (Fsp3) is 0. The van der Waals surface area contributed by atoms with Gasteiger partial charge < -0.3 is 5.11 Å². The van der Waals surface area contributed by atoms with E-state index in [-0.39, 0.29) is 4.90 Å². The van der Waals surface area contributed by atoms with Gasteiger partial charge in [-0.2, -0.15) is 0 Å². The summed E-state index contributed by atoms with van der Waals surface area (Å²) in [6.45, 7) is 0. The van der Waals surface area contributed by atoms with Gasteiger partial charge in [0.25, 0.3) is 10.0 Å². The minimum atomic E-state index is -4.03. The third kappa shape index (κ3) is 3.07. The molecule has 0 saturated carbocycles. The molecule has 0 radical (unpaired) electrons. The Bertz CT molecular complexity index is 1050. The fourth-order valence-corrected chi connectivity index (χ4v) is 3.38. The number of carboxylic acids is 1. The average molecular weight is 345 g/mol. The van der Waals surface area contributed by atoms with E-state index in [9.17, 15) is 17.6 Å². The number of carbonyl (C=O) groups is 1. The number of rotatable bonds is 4. The second-order valence-electron chi connectivity index (χ2n) is 5.11. The number of fused-ring (bicyclic) bond motifs is 1. The van der Waals surface area contributed by atoms with E-state index >= 15 is 0 Å². The lowest BCUT2D eigenvalue weighted by molar-refractivity contribution is 0.0691. The van der Waals surface area contributed by atoms with Crippen molar-refractivity contribution in [3.63, 3.8) is 0 Å². The molecule has 3 aromatic carbocycles. The average Bonchev–Trinajstić information content (AvgIpc) is 2.54. The van der Waals surface area contributed by atoms with Gasteiger partial charge in [-0.1, -0.05) is 30.3 Å². The smallest absolute Gasteiger partial charge is 0.338 e. The second-order valence-corrected chi connectivity index (χ2v) is 6.80. The van der Waals surface area contributed by atoms with E-state index in [1.54, 1.807) is 18.2 Å². The van der Waals surface area contributed by atoms with Crippen LogP contribution in [-0.2, 0) is 10.0 Å². The summed E-state index contributed by atoms with van der Waals surface area (Å²) >= 11 is 0. The molecule has 0 saturated heterocycles. The molecule has 0 fully saturated rings. The van der Waals surface area contributed by atoms with E-state index in [4.69, 9.17) is 5.11 Å². The highest BCUT2D eigenvalue weighted by atomic mass is 32.2. The van der Waals surface area contributed by atoms with Crippen LogP contribution in [0.1, 0.15) is 10.4 Å². The Hall–Kier alpha value is -2.93. The zero-order chi connectivity index (χ0) is 17.3. The Morgan fingerprint density at radius 1 is 0.958 bits per heavy atom. The van der Waals surface area contributed by atoms with E-state index in [1.807, 2.05) is 24.3 Å². The Morgan fingerprint density at radius 3 is 2.38 bits per heavy atom. The first-order valence-electron chi connectivity index (χ1n) is 6.91. The number of hydrogen-bond donors (Lipinski definition) is 2. The topological polar surface area (TPSA) is 83.5 Å². The molecule has 0 atom stereocenters. The number of halogens is 1. The highest BCUT2D eigenvalue weighted by Crippen LogP contribution is 2.22. The van der Waals surface area contributed by atoms with Crippen LogP contribution < -0.4 is 4.72 Å². The quantitative estimate of drug-likeness (QED) is 0.758. The van der Waals surface area contributed by atoms with Crippen molar-refractivity contribution in [1.82, 2.24) is 0 Å². The van der Waals surface area contributed by atoms with Crippen molar-refractivity contribution in [2.75, 3.05) is 4.72 Å². The maximum absolute atomic E-state index is 13.4. The molecule has 0 aliphatic heterocycles. The Kier molecular flexibility index (Phi) is 3.94. The van der Waals surface area contributed by atoms with Crippen LogP contribution in [0.25, 0.3) is 10.8 Å². The number of benzene rings is 3. The van der Waals surface area contributed by atoms with Gasteiger partial charge >= 0.3 is 5.97 Å². The van der Waals surface area contributed by atoms with Gasteiger partial charge in [-0.05, 0) is 41.1 Å². The maximum Gasteiger partial charge on any atom is 0.338 e. The summed E-state index contributed by atoms with van der Waals surface area (Å²) in [5.74, 6) is -2.53. The van der Waals surface area contributed by atoms with Crippen molar-refractivity contribution >= 4 is 32.5 Å². The number of sulfonamides is 1. The van der Waals surface area contributed by atoms with E-state index in [0.29, 0.717) is 5.69 Å². The fourth-order valence-electron chi connectivity index (χ4n) is 2.30. The number of anilines is 1. The molecule has 0 unspecified atom stereocenters. The molecule has 0 spiro atoms. The molecule has 2 N–H and O–H groups in total. The summed E-state index contributed by atoms with van der Waals surface area (Å²) in [7, 11) is -4.03. The summed E-state index contributed by atoms with van der Waals surface area (Å²) in [5.41, 5.74) is -0.369. The zero-order valence-electron chi connectivity index (χ0n) is 12.2. The number of carboxylic acid groups (broad SMARTS) is 1. The van der Waals surface area contributed by atoms with Gasteiger partial charge in [-0.3, -0.25) is 4.72 Å². The zero-order valence-corrected chi connectivity index (χ0v) is 13.0. The Balaban J connectivity index is 1.98. The van der Waals surface area contributed by atoms with E-state index in [1.165, 1.54) is 0 Å². The normalized spacial score (nSPS) is 11.4. The number of hydrogen-bond acceptors (Lipinski definition) is 3. The summed E-state index contributed by atoms with van der Waals surface area (Å²) < 4.78 is 40.6. The van der Waals surface area contributed by atoms with Crippen LogP contribution in [0.4, 0.5) is 10.1 Å². The molecule has 24 heavy (non-hydrogen) atoms. The van der Waals surface area contributed by atoms with Crippen molar-refractivity contribution in [2.45, 2.75) is 4.90 Å². The molecule has 0 aliphatic carbocycles. The number of aromatic carboxylic acids is 1. The Labute approximate surface area is 137 Å². The molecule has 0 amide bonds. The minimum Gasteiger partial charge on any atom is -0.478 e. The summed E-state index contributed by atoms with van der Waals surface area (Å²) in [6, 6.07) is 15.1. The van der Waals surface area contributed by atoms with Crippen LogP contribution in [0.2, 0.25) is 0 Å². The van der Waals surface area contributed by atoms with Crippen molar-refractivity contribution in [2.24, 2.45) is 0 Å². The van der Waals surface area contributed by atoms with Crippen molar-refractivity contribution in [3.8, 4) is 0 Å². The molecule has 3 rings (SSSR count). The summed E-state index contributed by atoms with van der Waals surface area (Å²) in [5, 5.41) is 10.7. The standard InChI is InChI=1S/C17H12FNO4S/c18-16-8-7-14(10-15(16)17(20)21)24(22,23)19-13-6-5-11-3-1-2-4-12(11)9-13/h1-10,19H,(H,20,21). The second kappa shape index (κ2) is 5.93. The van der Waals surface area contributed by atoms with Crippen molar-refractivity contribution < 1.29 is 22.7 Å². The van der Waals surface area contributed by atoms with Gasteiger partial charge in [0, 0.05) is 5.69 Å². The minimum absolute atomic E-state index is 0.325. The predicted octanol–water partition coefficient (Wildman–Crippen LogP) is 3.48. The van der Waals surface area contributed by atoms with Crippen LogP contribution in [0.15, 0.2) is 65.6 Å². The lowest BCUT2D eigenvalue weighted by Crippen LogP contribution is -2.14. The first-order valence-corrected chi connectivity index (χ1v) is 8.39. The number of nitrogens with one attached hydrogen (secondary N) is 1. The van der Waals surface area contributed by atoms with Gasteiger partial charge in [0.05, 0.1) is 10.5 Å². The third-order valence-electron chi connectivity index (χ3n) is 3.48. The molecule has 0 heterocycles. The van der Waals surface area contributed by atoms with E-state index < -0.39 is 27.4 Å². The highest BCUT2D eigenvalue weighted by molar-refractivity contribution is 7.92. The highest BCUT2D eigenvalue weighted by Gasteiger charge is 2.19. The molecule has 0 aliphatic rings. The summed E-state index contributed by atoms with van der Waals surface area (Å²) in [6.07, 6.45) is 0. The third-order valence-corrected chi connectivity index (χ3v) is 4.86. The molecule has 5 nitrogen and oxygen atoms in total. The molecular formula is C17H12FNO4S. The monoisotopic (exact) mass is 345 g/mol. The van der Waals surface area contributed by atoms with Crippen LogP contribution in [-0.4, -0.2) is 19.5 Å². The SMILES string of the molecule is O=C(O)c1cc(S(=O)(=O)Nc2ccc3ccccc3c2)ccc1F. The molecule has 122 valence electrons. The van der Waals surface area contributed by atoms with Gasteiger partial charge in [-0.25, -0.2) is 17.6 Å². The predicted molar refractivity (Wildman–Crippen MR) is 88.1 cm³/mol. The molecular weight excluding hydrogens is 333 g/mol. The van der Waals surface area contributed by atoms with Gasteiger partial charge in [0.1, 0.15) is 5.82 Å². The van der Waals surface area contributed by atoms with Crippen LogP contribution in [0, 0.1) is 5.82 Å². The van der Waals surface area contributed by atoms with Crippen LogP contribution in [0.3, 0.4) is 0 Å². The lowest BCUT2D eigenvalue weighted by atomic mass is 10.1. The molecule has 0 aromatic heterocycles. The largest absolute Gasteiger partial charge is 0.478 e. The lowest BCUT2D eigenvalue weighted by Gasteiger charge is -2.10. The van der Waals surface area contributed by atoms with Crippen LogP contribution >= 0.6 is 0 Å². The van der Waals surface area contributed by atoms with Gasteiger partial charge in [0.2, 0.25) is 0 Å². The molecule has 7 heteroatoms. The molecule has 0 bridgehead atoms. The van der Waals surface area contributed by atoms with Gasteiger partial charge in [-0.15, -0.1) is 0 Å². The first kappa shape index (κ1) is 15.9. The van der Waals surface area contributed by atoms with E-state index in [2.05, 4.69) is 4.72 Å². The van der Waals surface area contributed by atoms with Crippen molar-refractivity contribution in [1.29, 1.82) is 0 Å². The van der Waals surface area contributed by atoms with Gasteiger partial charge in [0.15, 0.2) is 0 Å². The Morgan fingerprint density at radius 2 is 1.67 bits per heavy atom. The summed E-state index contributed by atoms with van der Waals surface area (Å²) in [4.78, 5) is 10.6. The van der Waals surface area contributed by atoms with Crippen LogP contribution in [0.5, 0.6) is 0 Å². The first-order chi connectivity index (χ1) is 11.4.